The van der Waals surface area contributed by atoms with E-state index in [2.05, 4.69) is 161 Å². The summed E-state index contributed by atoms with van der Waals surface area (Å²) in [6, 6.07) is 32.0. The van der Waals surface area contributed by atoms with Crippen molar-refractivity contribution in [3.8, 4) is 23.7 Å². The van der Waals surface area contributed by atoms with Crippen LogP contribution in [0.1, 0.15) is 175 Å². The summed E-state index contributed by atoms with van der Waals surface area (Å²) in [6.45, 7) is 9.07. The summed E-state index contributed by atoms with van der Waals surface area (Å²) in [5, 5.41) is 4.79. The number of unbranched alkanes of at least 4 members (excludes halogenated alkanes) is 12. The zero-order chi connectivity index (χ0) is 39.2. The Hall–Kier alpha value is -4.78. The molecule has 0 atom stereocenters. The lowest BCUT2D eigenvalue weighted by Crippen LogP contribution is -1.92. The lowest BCUT2D eigenvalue weighted by atomic mass is 9.89. The van der Waals surface area contributed by atoms with Crippen molar-refractivity contribution in [2.75, 3.05) is 0 Å². The zero-order valence-electron chi connectivity index (χ0n) is 35.1. The second-order valence-electron chi connectivity index (χ2n) is 15.6. The summed E-state index contributed by atoms with van der Waals surface area (Å²) in [5.41, 5.74) is 9.93. The molecule has 0 heterocycles. The smallest absolute Gasteiger partial charge is 0.0403 e. The highest BCUT2D eigenvalue weighted by Crippen LogP contribution is 2.34. The molecular formula is C56H66. The Kier molecular flexibility index (Phi) is 18.1. The van der Waals surface area contributed by atoms with Gasteiger partial charge < -0.3 is 0 Å². The quantitative estimate of drug-likeness (QED) is 0.0323. The first kappa shape index (κ1) is 42.4. The monoisotopic (exact) mass is 739 g/mol. The topological polar surface area (TPSA) is 0 Å². The van der Waals surface area contributed by atoms with Gasteiger partial charge in [0.25, 0.3) is 0 Å². The molecule has 5 aromatic rings. The van der Waals surface area contributed by atoms with Gasteiger partial charge in [-0.15, -0.1) is 0 Å². The largest absolute Gasteiger partial charge is 0.0978 e. The van der Waals surface area contributed by atoms with Crippen molar-refractivity contribution in [1.29, 1.82) is 0 Å². The van der Waals surface area contributed by atoms with Crippen molar-refractivity contribution in [2.45, 2.75) is 143 Å². The van der Waals surface area contributed by atoms with E-state index < -0.39 is 0 Å². The van der Waals surface area contributed by atoms with Crippen LogP contribution in [0.15, 0.2) is 84.9 Å². The van der Waals surface area contributed by atoms with Gasteiger partial charge in [-0.25, -0.2) is 0 Å². The van der Waals surface area contributed by atoms with Crippen LogP contribution in [0.5, 0.6) is 0 Å². The molecule has 0 spiro atoms. The highest BCUT2D eigenvalue weighted by Gasteiger charge is 2.13. The summed E-state index contributed by atoms with van der Waals surface area (Å²) in [6.07, 6.45) is 30.6. The SMILES string of the molecule is CCCCCCC#Cc1c2ccc(/C=C/c3ccc(CCCCC)cc3)cc2c(C#CCCCCCC)c2ccc(/C=C/c3ccc(CCCCC)cc3)cc12. The van der Waals surface area contributed by atoms with E-state index in [0.717, 1.165) is 49.7 Å². The number of rotatable bonds is 20. The fourth-order valence-corrected chi connectivity index (χ4v) is 7.46. The maximum Gasteiger partial charge on any atom is 0.0403 e. The van der Waals surface area contributed by atoms with Crippen molar-refractivity contribution in [2.24, 2.45) is 0 Å². The Balaban J connectivity index is 1.55. The minimum Gasteiger partial charge on any atom is -0.0978 e. The summed E-state index contributed by atoms with van der Waals surface area (Å²) in [4.78, 5) is 0. The normalized spacial score (nSPS) is 11.4. The van der Waals surface area contributed by atoms with Crippen molar-refractivity contribution in [3.05, 3.63) is 129 Å². The molecule has 0 saturated carbocycles. The number of hydrogen-bond acceptors (Lipinski definition) is 0. The van der Waals surface area contributed by atoms with Gasteiger partial charge >= 0.3 is 0 Å². The minimum absolute atomic E-state index is 0.925. The van der Waals surface area contributed by atoms with Crippen LogP contribution in [-0.4, -0.2) is 0 Å². The maximum atomic E-state index is 3.71. The highest BCUT2D eigenvalue weighted by atomic mass is 14.2. The molecule has 0 bridgehead atoms. The number of benzene rings is 5. The van der Waals surface area contributed by atoms with Gasteiger partial charge in [-0.1, -0.05) is 213 Å². The molecule has 0 radical (unpaired) electrons. The number of fused-ring (bicyclic) bond motifs is 2. The van der Waals surface area contributed by atoms with Crippen LogP contribution < -0.4 is 0 Å². The molecule has 0 aliphatic rings. The van der Waals surface area contributed by atoms with Crippen LogP contribution in [-0.2, 0) is 12.8 Å². The third-order valence-corrected chi connectivity index (χ3v) is 10.9. The van der Waals surface area contributed by atoms with Gasteiger partial charge in [0, 0.05) is 24.0 Å². The molecule has 0 aromatic heterocycles. The standard InChI is InChI=1S/C56H66/c1-5-9-13-15-17-21-25-51-53-41-39-50(38-36-48-33-29-46(30-34-48)24-20-12-8-4)44-56(53)52(26-22-18-16-14-10-6-2)54-42-40-49(43-55(51)54)37-35-47-31-27-45(28-32-47)23-19-11-7-3/h27-44H,5-20,23-24H2,1-4H3/b37-35+,38-36+. The summed E-state index contributed by atoms with van der Waals surface area (Å²) in [7, 11) is 0. The van der Waals surface area contributed by atoms with Crippen LogP contribution in [0.25, 0.3) is 45.8 Å². The molecule has 0 N–H and O–H groups in total. The molecule has 0 fully saturated rings. The molecule has 0 unspecified atom stereocenters. The van der Waals surface area contributed by atoms with E-state index in [1.807, 2.05) is 0 Å². The van der Waals surface area contributed by atoms with Gasteiger partial charge in [0.05, 0.1) is 0 Å². The molecule has 0 aliphatic heterocycles. The van der Waals surface area contributed by atoms with Crippen molar-refractivity contribution in [1.82, 2.24) is 0 Å². The molecule has 56 heavy (non-hydrogen) atoms. The Bertz CT molecular complexity index is 1970. The summed E-state index contributed by atoms with van der Waals surface area (Å²) < 4.78 is 0. The van der Waals surface area contributed by atoms with Crippen molar-refractivity contribution < 1.29 is 0 Å². The average molecular weight is 739 g/mol. The molecule has 0 saturated heterocycles. The van der Waals surface area contributed by atoms with E-state index in [-0.39, 0.29) is 0 Å². The Morgan fingerprint density at radius 1 is 0.357 bits per heavy atom. The van der Waals surface area contributed by atoms with E-state index in [1.165, 1.54) is 132 Å². The number of aryl methyl sites for hydroxylation is 2. The second kappa shape index (κ2) is 24.0. The van der Waals surface area contributed by atoms with E-state index in [1.54, 1.807) is 0 Å². The van der Waals surface area contributed by atoms with Crippen LogP contribution >= 0.6 is 0 Å². The highest BCUT2D eigenvalue weighted by molar-refractivity contribution is 6.11. The fraction of sp³-hybridized carbons (Fsp3) is 0.393. The second-order valence-corrected chi connectivity index (χ2v) is 15.6. The van der Waals surface area contributed by atoms with Crippen molar-refractivity contribution >= 4 is 45.8 Å². The zero-order valence-corrected chi connectivity index (χ0v) is 35.1. The van der Waals surface area contributed by atoms with Crippen LogP contribution in [0.2, 0.25) is 0 Å². The Morgan fingerprint density at radius 3 is 1.11 bits per heavy atom. The molecule has 0 nitrogen and oxygen atoms in total. The van der Waals surface area contributed by atoms with Gasteiger partial charge in [0.1, 0.15) is 0 Å². The van der Waals surface area contributed by atoms with Crippen LogP contribution in [0.4, 0.5) is 0 Å². The fourth-order valence-electron chi connectivity index (χ4n) is 7.46. The molecule has 5 aromatic carbocycles. The minimum atomic E-state index is 0.925. The summed E-state index contributed by atoms with van der Waals surface area (Å²) in [5.74, 6) is 14.6. The van der Waals surface area contributed by atoms with E-state index in [4.69, 9.17) is 0 Å². The predicted molar refractivity (Wildman–Crippen MR) is 250 cm³/mol. The first-order valence-electron chi connectivity index (χ1n) is 22.2. The number of hydrogen-bond donors (Lipinski definition) is 0. The molecule has 0 amide bonds. The van der Waals surface area contributed by atoms with Gasteiger partial charge in [0.15, 0.2) is 0 Å². The van der Waals surface area contributed by atoms with Crippen LogP contribution in [0, 0.1) is 23.7 Å². The van der Waals surface area contributed by atoms with Gasteiger partial charge in [0.2, 0.25) is 0 Å². The predicted octanol–water partition coefficient (Wildman–Crippen LogP) is 16.4. The molecule has 290 valence electrons. The first-order chi connectivity index (χ1) is 27.6. The lowest BCUT2D eigenvalue weighted by molar-refractivity contribution is 0.679. The molecule has 0 heteroatoms. The van der Waals surface area contributed by atoms with Gasteiger partial charge in [-0.05, 0) is 106 Å². The average Bonchev–Trinajstić information content (AvgIpc) is 3.23. The lowest BCUT2D eigenvalue weighted by Gasteiger charge is -2.13. The van der Waals surface area contributed by atoms with Gasteiger partial charge in [-0.2, -0.15) is 0 Å². The molecule has 5 rings (SSSR count). The van der Waals surface area contributed by atoms with E-state index in [0.29, 0.717) is 0 Å². The Labute approximate surface area is 340 Å². The molecule has 0 aliphatic carbocycles. The first-order valence-corrected chi connectivity index (χ1v) is 22.2. The van der Waals surface area contributed by atoms with E-state index >= 15 is 0 Å². The molecular weight excluding hydrogens is 673 g/mol. The third kappa shape index (κ3) is 13.2. The Morgan fingerprint density at radius 2 is 0.714 bits per heavy atom. The van der Waals surface area contributed by atoms with Crippen molar-refractivity contribution in [3.63, 3.8) is 0 Å². The third-order valence-electron chi connectivity index (χ3n) is 10.9. The van der Waals surface area contributed by atoms with Gasteiger partial charge in [-0.3, -0.25) is 0 Å². The summed E-state index contributed by atoms with van der Waals surface area (Å²) >= 11 is 0. The van der Waals surface area contributed by atoms with Crippen LogP contribution in [0.3, 0.4) is 0 Å². The van der Waals surface area contributed by atoms with E-state index in [9.17, 15) is 0 Å². The maximum absolute atomic E-state index is 3.71.